The van der Waals surface area contributed by atoms with Gasteiger partial charge >= 0.3 is 0 Å². The quantitative estimate of drug-likeness (QED) is 0.928. The van der Waals surface area contributed by atoms with E-state index in [2.05, 4.69) is 5.32 Å². The van der Waals surface area contributed by atoms with Gasteiger partial charge in [-0.3, -0.25) is 4.79 Å². The number of hydrogen-bond acceptors (Lipinski definition) is 3. The Kier molecular flexibility index (Phi) is 5.48. The van der Waals surface area contributed by atoms with Crippen LogP contribution in [0.15, 0.2) is 24.3 Å². The van der Waals surface area contributed by atoms with Crippen LogP contribution in [0.25, 0.3) is 0 Å². The zero-order chi connectivity index (χ0) is 13.9. The lowest BCUT2D eigenvalue weighted by molar-refractivity contribution is -0.130. The number of hydrogen-bond donors (Lipinski definition) is 1. The predicted octanol–water partition coefficient (Wildman–Crippen LogP) is 2.01. The van der Waals surface area contributed by atoms with E-state index >= 15 is 0 Å². The van der Waals surface area contributed by atoms with Crippen LogP contribution >= 0.6 is 12.4 Å². The maximum atomic E-state index is 12.5. The van der Waals surface area contributed by atoms with Gasteiger partial charge in [0, 0.05) is 30.7 Å². The standard InChI is InChI=1S/C16H22N2O2.ClH/c1-20-15-5-3-2-4-12(15)10-16(19)18-9-8-13-6-7-14(11-18)17-13;/h2-5,13-14,17H,6-11H2,1H3;1H. The molecule has 2 saturated heterocycles. The lowest BCUT2D eigenvalue weighted by Crippen LogP contribution is -2.39. The average molecular weight is 311 g/mol. The van der Waals surface area contributed by atoms with E-state index in [0.29, 0.717) is 18.5 Å². The molecule has 2 bridgehead atoms. The Morgan fingerprint density at radius 2 is 2.05 bits per heavy atom. The Labute approximate surface area is 132 Å². The van der Waals surface area contributed by atoms with Crippen LogP contribution in [-0.2, 0) is 11.2 Å². The summed E-state index contributed by atoms with van der Waals surface area (Å²) in [6, 6.07) is 8.87. The summed E-state index contributed by atoms with van der Waals surface area (Å²) >= 11 is 0. The van der Waals surface area contributed by atoms with E-state index < -0.39 is 0 Å². The first-order valence-corrected chi connectivity index (χ1v) is 7.42. The summed E-state index contributed by atoms with van der Waals surface area (Å²) in [7, 11) is 1.65. The first-order valence-electron chi connectivity index (χ1n) is 7.42. The second-order valence-electron chi connectivity index (χ2n) is 5.75. The van der Waals surface area contributed by atoms with Crippen molar-refractivity contribution in [1.82, 2.24) is 10.2 Å². The highest BCUT2D eigenvalue weighted by atomic mass is 35.5. The average Bonchev–Trinajstić information content (AvgIpc) is 2.78. The largest absolute Gasteiger partial charge is 0.496 e. The molecule has 1 aromatic carbocycles. The molecule has 1 amide bonds. The number of para-hydroxylation sites is 1. The molecule has 5 heteroatoms. The van der Waals surface area contributed by atoms with Gasteiger partial charge in [0.05, 0.1) is 13.5 Å². The highest BCUT2D eigenvalue weighted by Crippen LogP contribution is 2.22. The molecule has 2 unspecified atom stereocenters. The van der Waals surface area contributed by atoms with Gasteiger partial charge in [-0.25, -0.2) is 0 Å². The first kappa shape index (κ1) is 16.1. The number of fused-ring (bicyclic) bond motifs is 2. The molecule has 2 aliphatic heterocycles. The van der Waals surface area contributed by atoms with Crippen LogP contribution in [0.5, 0.6) is 5.75 Å². The molecule has 0 saturated carbocycles. The van der Waals surface area contributed by atoms with Gasteiger partial charge in [0.1, 0.15) is 5.75 Å². The van der Waals surface area contributed by atoms with E-state index in [9.17, 15) is 4.79 Å². The van der Waals surface area contributed by atoms with Gasteiger partial charge in [-0.15, -0.1) is 12.4 Å². The van der Waals surface area contributed by atoms with Crippen LogP contribution in [0, 0.1) is 0 Å². The van der Waals surface area contributed by atoms with Gasteiger partial charge in [-0.2, -0.15) is 0 Å². The highest BCUT2D eigenvalue weighted by molar-refractivity contribution is 5.85. The number of carbonyl (C=O) groups excluding carboxylic acids is 1. The fourth-order valence-electron chi connectivity index (χ4n) is 3.29. The van der Waals surface area contributed by atoms with Gasteiger partial charge in [0.15, 0.2) is 0 Å². The highest BCUT2D eigenvalue weighted by Gasteiger charge is 2.31. The van der Waals surface area contributed by atoms with Crippen molar-refractivity contribution in [3.05, 3.63) is 29.8 Å². The number of carbonyl (C=O) groups is 1. The zero-order valence-corrected chi connectivity index (χ0v) is 13.2. The van der Waals surface area contributed by atoms with Crippen molar-refractivity contribution in [3.63, 3.8) is 0 Å². The van der Waals surface area contributed by atoms with Crippen LogP contribution < -0.4 is 10.1 Å². The molecule has 2 atom stereocenters. The van der Waals surface area contributed by atoms with Crippen LogP contribution in [0.3, 0.4) is 0 Å². The van der Waals surface area contributed by atoms with E-state index in [1.54, 1.807) is 7.11 Å². The van der Waals surface area contributed by atoms with Crippen LogP contribution in [-0.4, -0.2) is 43.1 Å². The third kappa shape index (κ3) is 3.69. The Bertz CT molecular complexity index is 495. The fourth-order valence-corrected chi connectivity index (χ4v) is 3.29. The van der Waals surface area contributed by atoms with E-state index in [1.807, 2.05) is 29.2 Å². The van der Waals surface area contributed by atoms with Crippen molar-refractivity contribution >= 4 is 18.3 Å². The van der Waals surface area contributed by atoms with Crippen molar-refractivity contribution in [2.24, 2.45) is 0 Å². The number of ether oxygens (including phenoxy) is 1. The number of amides is 1. The van der Waals surface area contributed by atoms with Gasteiger partial charge in [0.25, 0.3) is 0 Å². The predicted molar refractivity (Wildman–Crippen MR) is 85.1 cm³/mol. The van der Waals surface area contributed by atoms with Crippen LogP contribution in [0.4, 0.5) is 0 Å². The summed E-state index contributed by atoms with van der Waals surface area (Å²) in [4.78, 5) is 14.5. The lowest BCUT2D eigenvalue weighted by atomic mass is 10.1. The molecule has 2 heterocycles. The number of likely N-dealkylation sites (tertiary alicyclic amines) is 1. The Hall–Kier alpha value is -1.26. The molecule has 0 radical (unpaired) electrons. The Morgan fingerprint density at radius 3 is 2.86 bits per heavy atom. The molecule has 21 heavy (non-hydrogen) atoms. The maximum Gasteiger partial charge on any atom is 0.227 e. The molecule has 2 fully saturated rings. The molecule has 0 aliphatic carbocycles. The minimum Gasteiger partial charge on any atom is -0.496 e. The molecule has 1 aromatic rings. The number of benzene rings is 1. The zero-order valence-electron chi connectivity index (χ0n) is 12.4. The van der Waals surface area contributed by atoms with Crippen LogP contribution in [0.2, 0.25) is 0 Å². The van der Waals surface area contributed by atoms with Gasteiger partial charge in [-0.05, 0) is 25.3 Å². The molecule has 3 rings (SSSR count). The molecule has 0 spiro atoms. The van der Waals surface area contributed by atoms with E-state index in [-0.39, 0.29) is 18.3 Å². The van der Waals surface area contributed by atoms with Crippen molar-refractivity contribution in [1.29, 1.82) is 0 Å². The first-order chi connectivity index (χ1) is 9.76. The number of nitrogens with one attached hydrogen (secondary N) is 1. The van der Waals surface area contributed by atoms with Gasteiger partial charge < -0.3 is 15.0 Å². The molecular weight excluding hydrogens is 288 g/mol. The second kappa shape index (κ2) is 7.14. The molecule has 0 aromatic heterocycles. The summed E-state index contributed by atoms with van der Waals surface area (Å²) < 4.78 is 5.32. The monoisotopic (exact) mass is 310 g/mol. The lowest BCUT2D eigenvalue weighted by Gasteiger charge is -2.24. The SMILES string of the molecule is COc1ccccc1CC(=O)N1CCC2CCC(C1)N2.Cl. The summed E-state index contributed by atoms with van der Waals surface area (Å²) in [6.45, 7) is 1.73. The smallest absolute Gasteiger partial charge is 0.227 e. The maximum absolute atomic E-state index is 12.5. The van der Waals surface area contributed by atoms with Crippen molar-refractivity contribution < 1.29 is 9.53 Å². The summed E-state index contributed by atoms with van der Waals surface area (Å²) in [6.07, 6.45) is 3.97. The molecule has 116 valence electrons. The van der Waals surface area contributed by atoms with Gasteiger partial charge in [-0.1, -0.05) is 18.2 Å². The van der Waals surface area contributed by atoms with E-state index in [4.69, 9.17) is 4.74 Å². The van der Waals surface area contributed by atoms with Crippen molar-refractivity contribution in [3.8, 4) is 5.75 Å². The fraction of sp³-hybridized carbons (Fsp3) is 0.562. The second-order valence-corrected chi connectivity index (χ2v) is 5.75. The Balaban J connectivity index is 0.00000161. The van der Waals surface area contributed by atoms with E-state index in [1.165, 1.54) is 12.8 Å². The molecule has 1 N–H and O–H groups in total. The molecular formula is C16H23ClN2O2. The summed E-state index contributed by atoms with van der Waals surface area (Å²) in [5.41, 5.74) is 0.974. The summed E-state index contributed by atoms with van der Waals surface area (Å²) in [5.74, 6) is 1.01. The topological polar surface area (TPSA) is 41.6 Å². The number of halogens is 1. The van der Waals surface area contributed by atoms with Crippen molar-refractivity contribution in [2.75, 3.05) is 20.2 Å². The Morgan fingerprint density at radius 1 is 1.29 bits per heavy atom. The molecule has 2 aliphatic rings. The van der Waals surface area contributed by atoms with Crippen LogP contribution in [0.1, 0.15) is 24.8 Å². The number of rotatable bonds is 3. The minimum atomic E-state index is 0. The van der Waals surface area contributed by atoms with Crippen molar-refractivity contribution in [2.45, 2.75) is 37.8 Å². The minimum absolute atomic E-state index is 0. The third-order valence-electron chi connectivity index (χ3n) is 4.41. The van der Waals surface area contributed by atoms with E-state index in [0.717, 1.165) is 30.8 Å². The third-order valence-corrected chi connectivity index (χ3v) is 4.41. The number of methoxy groups -OCH3 is 1. The van der Waals surface area contributed by atoms with Gasteiger partial charge in [0.2, 0.25) is 5.91 Å². The normalized spacial score (nSPS) is 24.1. The number of nitrogens with zero attached hydrogens (tertiary/aromatic N) is 1. The molecule has 4 nitrogen and oxygen atoms in total. The summed E-state index contributed by atoms with van der Waals surface area (Å²) in [5, 5.41) is 3.61.